The van der Waals surface area contributed by atoms with E-state index in [1.54, 1.807) is 12.1 Å². The summed E-state index contributed by atoms with van der Waals surface area (Å²) >= 11 is 0. The molecule has 2 aromatic carbocycles. The first kappa shape index (κ1) is 20.2. The van der Waals surface area contributed by atoms with E-state index in [2.05, 4.69) is 35.4 Å². The SMILES string of the molecule is COc1cc(C(=O)Nc2nnc(Cc3ccc(C)c(C)c3)o2)cc(OC)c1OC. The molecular weight excluding hydrogens is 374 g/mol. The Morgan fingerprint density at radius 1 is 0.966 bits per heavy atom. The fourth-order valence-electron chi connectivity index (χ4n) is 2.85. The molecule has 0 aliphatic heterocycles. The number of nitrogens with zero attached hydrogens (tertiary/aromatic N) is 2. The van der Waals surface area contributed by atoms with Gasteiger partial charge in [-0.25, -0.2) is 0 Å². The number of carbonyl (C=O) groups excluding carboxylic acids is 1. The van der Waals surface area contributed by atoms with Crippen LogP contribution < -0.4 is 19.5 Å². The maximum absolute atomic E-state index is 12.6. The zero-order valence-electron chi connectivity index (χ0n) is 17.0. The Labute approximate surface area is 168 Å². The molecule has 1 amide bonds. The molecule has 0 atom stereocenters. The van der Waals surface area contributed by atoms with E-state index in [0.717, 1.165) is 5.56 Å². The third kappa shape index (κ3) is 4.48. The first-order valence-electron chi connectivity index (χ1n) is 8.95. The Balaban J connectivity index is 1.75. The van der Waals surface area contributed by atoms with Crippen LogP contribution in [0, 0.1) is 13.8 Å². The number of aryl methyl sites for hydroxylation is 2. The monoisotopic (exact) mass is 397 g/mol. The van der Waals surface area contributed by atoms with Crippen LogP contribution in [0.2, 0.25) is 0 Å². The van der Waals surface area contributed by atoms with Crippen molar-refractivity contribution in [2.75, 3.05) is 26.6 Å². The van der Waals surface area contributed by atoms with E-state index in [1.165, 1.54) is 32.5 Å². The number of rotatable bonds is 7. The average Bonchev–Trinajstić information content (AvgIpc) is 3.16. The van der Waals surface area contributed by atoms with Crippen molar-refractivity contribution in [3.63, 3.8) is 0 Å². The molecule has 3 rings (SSSR count). The minimum absolute atomic E-state index is 0.0163. The van der Waals surface area contributed by atoms with Crippen molar-refractivity contribution in [1.29, 1.82) is 0 Å². The second-order valence-corrected chi connectivity index (χ2v) is 6.46. The molecule has 0 aliphatic rings. The lowest BCUT2D eigenvalue weighted by molar-refractivity contribution is 0.102. The standard InChI is InChI=1S/C21H23N3O5/c1-12-6-7-14(8-13(12)2)9-18-23-24-21(29-18)22-20(25)15-10-16(26-3)19(28-5)17(11-15)27-4/h6-8,10-11H,9H2,1-5H3,(H,22,24,25). The predicted molar refractivity (Wildman–Crippen MR) is 107 cm³/mol. The number of benzene rings is 2. The Morgan fingerprint density at radius 2 is 1.66 bits per heavy atom. The van der Waals surface area contributed by atoms with Crippen LogP contribution in [0.1, 0.15) is 32.9 Å². The largest absolute Gasteiger partial charge is 0.493 e. The summed E-state index contributed by atoms with van der Waals surface area (Å²) in [5.41, 5.74) is 3.77. The molecule has 8 heteroatoms. The van der Waals surface area contributed by atoms with E-state index in [0.29, 0.717) is 35.1 Å². The quantitative estimate of drug-likeness (QED) is 0.651. The fraction of sp³-hybridized carbons (Fsp3) is 0.286. The highest BCUT2D eigenvalue weighted by molar-refractivity contribution is 6.04. The fourth-order valence-corrected chi connectivity index (χ4v) is 2.85. The van der Waals surface area contributed by atoms with Crippen LogP contribution >= 0.6 is 0 Å². The van der Waals surface area contributed by atoms with Crippen LogP contribution in [0.3, 0.4) is 0 Å². The summed E-state index contributed by atoms with van der Waals surface area (Å²) in [4.78, 5) is 12.6. The summed E-state index contributed by atoms with van der Waals surface area (Å²) in [5.74, 6) is 1.12. The van der Waals surface area contributed by atoms with Gasteiger partial charge in [-0.05, 0) is 42.7 Å². The van der Waals surface area contributed by atoms with Gasteiger partial charge >= 0.3 is 6.01 Å². The molecule has 0 saturated carbocycles. The lowest BCUT2D eigenvalue weighted by atomic mass is 10.0. The highest BCUT2D eigenvalue weighted by Crippen LogP contribution is 2.38. The maximum atomic E-state index is 12.6. The number of carbonyl (C=O) groups is 1. The highest BCUT2D eigenvalue weighted by Gasteiger charge is 2.18. The zero-order chi connectivity index (χ0) is 21.0. The van der Waals surface area contributed by atoms with Gasteiger partial charge in [0, 0.05) is 5.56 Å². The van der Waals surface area contributed by atoms with Crippen LogP contribution in [0.15, 0.2) is 34.7 Å². The van der Waals surface area contributed by atoms with E-state index >= 15 is 0 Å². The second kappa shape index (κ2) is 8.64. The minimum Gasteiger partial charge on any atom is -0.493 e. The summed E-state index contributed by atoms with van der Waals surface area (Å²) in [6.45, 7) is 4.11. The maximum Gasteiger partial charge on any atom is 0.322 e. The summed E-state index contributed by atoms with van der Waals surface area (Å²) in [6.07, 6.45) is 0.480. The van der Waals surface area contributed by atoms with Crippen LogP contribution in [-0.2, 0) is 6.42 Å². The molecule has 0 bridgehead atoms. The first-order chi connectivity index (χ1) is 13.9. The van der Waals surface area contributed by atoms with Crippen LogP contribution in [0.25, 0.3) is 0 Å². The molecule has 1 heterocycles. The van der Waals surface area contributed by atoms with Crippen molar-refractivity contribution in [2.45, 2.75) is 20.3 Å². The van der Waals surface area contributed by atoms with Gasteiger partial charge in [0.1, 0.15) is 0 Å². The normalized spacial score (nSPS) is 10.5. The molecule has 0 spiro atoms. The number of hydrogen-bond acceptors (Lipinski definition) is 7. The zero-order valence-corrected chi connectivity index (χ0v) is 17.0. The van der Waals surface area contributed by atoms with Crippen molar-refractivity contribution >= 4 is 11.9 Å². The topological polar surface area (TPSA) is 95.7 Å². The summed E-state index contributed by atoms with van der Waals surface area (Å²) in [6, 6.07) is 9.25. The lowest BCUT2D eigenvalue weighted by Crippen LogP contribution is -2.13. The number of methoxy groups -OCH3 is 3. The molecule has 0 saturated heterocycles. The molecular formula is C21H23N3O5. The third-order valence-corrected chi connectivity index (χ3v) is 4.54. The van der Waals surface area contributed by atoms with Gasteiger partial charge < -0.3 is 18.6 Å². The van der Waals surface area contributed by atoms with Crippen LogP contribution in [-0.4, -0.2) is 37.4 Å². The molecule has 1 aromatic heterocycles. The molecule has 29 heavy (non-hydrogen) atoms. The summed E-state index contributed by atoms with van der Waals surface area (Å²) in [7, 11) is 4.46. The van der Waals surface area contributed by atoms with E-state index in [4.69, 9.17) is 18.6 Å². The molecule has 0 fully saturated rings. The van der Waals surface area contributed by atoms with E-state index in [-0.39, 0.29) is 6.01 Å². The molecule has 1 N–H and O–H groups in total. The molecule has 152 valence electrons. The highest BCUT2D eigenvalue weighted by atomic mass is 16.5. The van der Waals surface area contributed by atoms with Crippen LogP contribution in [0.5, 0.6) is 17.2 Å². The van der Waals surface area contributed by atoms with Crippen molar-refractivity contribution in [3.05, 3.63) is 58.5 Å². The lowest BCUT2D eigenvalue weighted by Gasteiger charge is -2.13. The first-order valence-corrected chi connectivity index (χ1v) is 8.95. The smallest absolute Gasteiger partial charge is 0.322 e. The van der Waals surface area contributed by atoms with Gasteiger partial charge in [0.25, 0.3) is 5.91 Å². The Morgan fingerprint density at radius 3 is 2.24 bits per heavy atom. The summed E-state index contributed by atoms with van der Waals surface area (Å²) in [5, 5.41) is 10.5. The number of hydrogen-bond donors (Lipinski definition) is 1. The predicted octanol–water partition coefficient (Wildman–Crippen LogP) is 3.56. The van der Waals surface area contributed by atoms with E-state index < -0.39 is 5.91 Å². The van der Waals surface area contributed by atoms with Crippen molar-refractivity contribution in [2.24, 2.45) is 0 Å². The minimum atomic E-state index is -0.439. The molecule has 0 radical (unpaired) electrons. The molecule has 8 nitrogen and oxygen atoms in total. The van der Waals surface area contributed by atoms with E-state index in [1.807, 2.05) is 12.1 Å². The average molecular weight is 397 g/mol. The van der Waals surface area contributed by atoms with Crippen molar-refractivity contribution < 1.29 is 23.4 Å². The van der Waals surface area contributed by atoms with Gasteiger partial charge in [0.05, 0.1) is 27.8 Å². The van der Waals surface area contributed by atoms with Gasteiger partial charge in [-0.2, -0.15) is 0 Å². The van der Waals surface area contributed by atoms with Crippen molar-refractivity contribution in [3.8, 4) is 17.2 Å². The molecule has 3 aromatic rings. The second-order valence-electron chi connectivity index (χ2n) is 6.46. The van der Waals surface area contributed by atoms with Gasteiger partial charge in [-0.1, -0.05) is 23.3 Å². The Hall–Kier alpha value is -3.55. The number of ether oxygens (including phenoxy) is 3. The summed E-state index contributed by atoms with van der Waals surface area (Å²) < 4.78 is 21.4. The van der Waals surface area contributed by atoms with E-state index in [9.17, 15) is 4.79 Å². The van der Waals surface area contributed by atoms with Gasteiger partial charge in [0.15, 0.2) is 11.5 Å². The number of amides is 1. The number of nitrogens with one attached hydrogen (secondary N) is 1. The molecule has 0 unspecified atom stereocenters. The number of aromatic nitrogens is 2. The molecule has 0 aliphatic carbocycles. The van der Waals surface area contributed by atoms with Gasteiger partial charge in [-0.15, -0.1) is 5.10 Å². The Bertz CT molecular complexity index is 1000. The Kier molecular flexibility index (Phi) is 6.01. The number of anilines is 1. The van der Waals surface area contributed by atoms with Crippen molar-refractivity contribution in [1.82, 2.24) is 10.2 Å². The van der Waals surface area contributed by atoms with Gasteiger partial charge in [-0.3, -0.25) is 10.1 Å². The van der Waals surface area contributed by atoms with Crippen LogP contribution in [0.4, 0.5) is 6.01 Å². The van der Waals surface area contributed by atoms with Gasteiger partial charge in [0.2, 0.25) is 11.6 Å². The third-order valence-electron chi connectivity index (χ3n) is 4.54.